The van der Waals surface area contributed by atoms with Gasteiger partial charge in [-0.3, -0.25) is 4.79 Å². The number of ether oxygens (including phenoxy) is 1. The van der Waals surface area contributed by atoms with Gasteiger partial charge >= 0.3 is 6.09 Å². The molecule has 0 spiro atoms. The molecule has 9 heteroatoms. The Morgan fingerprint density at radius 2 is 1.56 bits per heavy atom. The molecule has 3 atom stereocenters. The zero-order valence-electron chi connectivity index (χ0n) is 21.6. The summed E-state index contributed by atoms with van der Waals surface area (Å²) in [5.74, 6) is 0.0217. The topological polar surface area (TPSA) is 99.7 Å². The number of rotatable bonds is 12. The quantitative estimate of drug-likeness (QED) is 0.178. The van der Waals surface area contributed by atoms with E-state index in [-0.39, 0.29) is 18.1 Å². The van der Waals surface area contributed by atoms with Crippen LogP contribution in [0.1, 0.15) is 29.9 Å². The molecule has 0 bridgehead atoms. The number of hydrogen-bond donors (Lipinski definition) is 4. The van der Waals surface area contributed by atoms with Crippen LogP contribution < -0.4 is 16.0 Å². The van der Waals surface area contributed by atoms with E-state index in [0.29, 0.717) is 6.54 Å². The van der Waals surface area contributed by atoms with E-state index in [4.69, 9.17) is 16.3 Å². The van der Waals surface area contributed by atoms with Gasteiger partial charge < -0.3 is 25.8 Å². The Labute approximate surface area is 238 Å². The molecule has 7 nitrogen and oxygen atoms in total. The number of nitrogens with one attached hydrogen (secondary N) is 3. The van der Waals surface area contributed by atoms with Crippen LogP contribution in [0.15, 0.2) is 89.8 Å². The summed E-state index contributed by atoms with van der Waals surface area (Å²) in [4.78, 5) is 26.2. The van der Waals surface area contributed by atoms with Gasteiger partial charge in [-0.1, -0.05) is 72.3 Å². The van der Waals surface area contributed by atoms with Crippen LogP contribution in [0.4, 0.5) is 4.79 Å². The Hall–Kier alpha value is -3.04. The average Bonchev–Trinajstić information content (AvgIpc) is 2.96. The zero-order valence-corrected chi connectivity index (χ0v) is 23.2. The number of carboxylic acid groups (broad SMARTS) is 1. The van der Waals surface area contributed by atoms with E-state index >= 15 is 0 Å². The first-order valence-corrected chi connectivity index (χ1v) is 14.5. The molecule has 1 unspecified atom stereocenters. The number of thioether (sulfide) groups is 1. The summed E-state index contributed by atoms with van der Waals surface area (Å²) >= 11 is 7.71. The third-order valence-corrected chi connectivity index (χ3v) is 7.99. The number of amides is 2. The van der Waals surface area contributed by atoms with Crippen molar-refractivity contribution in [3.63, 3.8) is 0 Å². The fraction of sp³-hybridized carbons (Fsp3) is 0.333. The van der Waals surface area contributed by atoms with Crippen LogP contribution in [0.25, 0.3) is 0 Å². The number of morpholine rings is 1. The van der Waals surface area contributed by atoms with Crippen LogP contribution in [0.5, 0.6) is 0 Å². The molecular weight excluding hydrogens is 534 g/mol. The highest BCUT2D eigenvalue weighted by atomic mass is 35.5. The van der Waals surface area contributed by atoms with E-state index in [1.807, 2.05) is 84.9 Å². The fourth-order valence-corrected chi connectivity index (χ4v) is 5.77. The van der Waals surface area contributed by atoms with Crippen LogP contribution in [-0.4, -0.2) is 60.7 Å². The number of benzene rings is 3. The number of carbonyl (C=O) groups is 2. The van der Waals surface area contributed by atoms with Gasteiger partial charge in [-0.15, -0.1) is 11.8 Å². The maximum absolute atomic E-state index is 13.3. The second kappa shape index (κ2) is 14.9. The molecule has 1 heterocycles. The monoisotopic (exact) mass is 567 g/mol. The van der Waals surface area contributed by atoms with Gasteiger partial charge in [0.1, 0.15) is 6.04 Å². The lowest BCUT2D eigenvalue weighted by atomic mass is 9.84. The normalized spacial score (nSPS) is 17.9. The molecule has 39 heavy (non-hydrogen) atoms. The van der Waals surface area contributed by atoms with E-state index in [9.17, 15) is 14.7 Å². The summed E-state index contributed by atoms with van der Waals surface area (Å²) in [6.07, 6.45) is 0.418. The Kier molecular flexibility index (Phi) is 11.1. The molecule has 0 radical (unpaired) electrons. The summed E-state index contributed by atoms with van der Waals surface area (Å²) < 4.78 is 6.28. The molecule has 3 aromatic carbocycles. The van der Waals surface area contributed by atoms with E-state index in [1.165, 1.54) is 0 Å². The number of carbonyl (C=O) groups excluding carboxylic acids is 1. The van der Waals surface area contributed by atoms with Gasteiger partial charge in [0.05, 0.1) is 12.2 Å². The van der Waals surface area contributed by atoms with Gasteiger partial charge in [-0.05, 0) is 48.2 Å². The average molecular weight is 568 g/mol. The Morgan fingerprint density at radius 1 is 0.949 bits per heavy atom. The van der Waals surface area contributed by atoms with Gasteiger partial charge in [-0.25, -0.2) is 4.79 Å². The SMILES string of the molecule is O=C(O)N[C@H](C(=O)NCCCC1CNC[C@@H](CSc2ccc(Cl)cc2)O1)C(c1ccccc1)c1ccccc1. The van der Waals surface area contributed by atoms with Crippen LogP contribution in [-0.2, 0) is 9.53 Å². The van der Waals surface area contributed by atoms with Crippen molar-refractivity contribution in [2.75, 3.05) is 25.4 Å². The molecule has 3 aromatic rings. The maximum Gasteiger partial charge on any atom is 0.405 e. The van der Waals surface area contributed by atoms with Crippen molar-refractivity contribution < 1.29 is 19.4 Å². The minimum absolute atomic E-state index is 0.0563. The Morgan fingerprint density at radius 3 is 2.18 bits per heavy atom. The highest BCUT2D eigenvalue weighted by Gasteiger charge is 2.32. The molecule has 1 aliphatic heterocycles. The van der Waals surface area contributed by atoms with E-state index in [0.717, 1.165) is 52.7 Å². The summed E-state index contributed by atoms with van der Waals surface area (Å²) in [5, 5.41) is 19.1. The van der Waals surface area contributed by atoms with Crippen molar-refractivity contribution in [1.82, 2.24) is 16.0 Å². The second-order valence-corrected chi connectivity index (χ2v) is 11.0. The Bertz CT molecular complexity index is 1140. The molecule has 1 aliphatic rings. The van der Waals surface area contributed by atoms with Crippen LogP contribution >= 0.6 is 23.4 Å². The molecule has 1 fully saturated rings. The summed E-state index contributed by atoms with van der Waals surface area (Å²) in [5.41, 5.74) is 1.73. The van der Waals surface area contributed by atoms with Gasteiger partial charge in [0.25, 0.3) is 0 Å². The van der Waals surface area contributed by atoms with Crippen molar-refractivity contribution in [3.8, 4) is 0 Å². The summed E-state index contributed by atoms with van der Waals surface area (Å²) in [7, 11) is 0. The van der Waals surface area contributed by atoms with E-state index < -0.39 is 18.1 Å². The van der Waals surface area contributed by atoms with Gasteiger partial charge in [0.15, 0.2) is 0 Å². The minimum Gasteiger partial charge on any atom is -0.465 e. The van der Waals surface area contributed by atoms with E-state index in [2.05, 4.69) is 16.0 Å². The first kappa shape index (κ1) is 29.0. The largest absolute Gasteiger partial charge is 0.465 e. The second-order valence-electron chi connectivity index (χ2n) is 9.46. The lowest BCUT2D eigenvalue weighted by Gasteiger charge is -2.31. The summed E-state index contributed by atoms with van der Waals surface area (Å²) in [6, 6.07) is 25.8. The number of hydrogen-bond acceptors (Lipinski definition) is 5. The van der Waals surface area contributed by atoms with Crippen molar-refractivity contribution >= 4 is 35.4 Å². The number of halogens is 1. The molecule has 0 saturated carbocycles. The standard InChI is InChI=1S/C30H34ClN3O4S/c31-23-13-15-26(16-14-23)39-20-25-19-32-18-24(38-25)12-7-17-33-29(35)28(34-30(36)37)27(21-8-3-1-4-9-21)22-10-5-2-6-11-22/h1-6,8-11,13-16,24-25,27-28,32,34H,7,12,17-20H2,(H,33,35)(H,36,37)/t24?,25-,28-/m0/s1. The molecule has 4 N–H and O–H groups in total. The molecule has 0 aromatic heterocycles. The van der Waals surface area contributed by atoms with Crippen molar-refractivity contribution in [2.24, 2.45) is 0 Å². The van der Waals surface area contributed by atoms with E-state index in [1.54, 1.807) is 11.8 Å². The highest BCUT2D eigenvalue weighted by molar-refractivity contribution is 7.99. The van der Waals surface area contributed by atoms with Crippen LogP contribution in [0.3, 0.4) is 0 Å². The maximum atomic E-state index is 13.3. The van der Waals surface area contributed by atoms with Crippen LogP contribution in [0, 0.1) is 0 Å². The first-order chi connectivity index (χ1) is 19.0. The predicted octanol–water partition coefficient (Wildman–Crippen LogP) is 5.15. The molecule has 4 rings (SSSR count). The lowest BCUT2D eigenvalue weighted by molar-refractivity contribution is -0.123. The smallest absolute Gasteiger partial charge is 0.405 e. The zero-order chi connectivity index (χ0) is 27.5. The van der Waals surface area contributed by atoms with Gasteiger partial charge in [0, 0.05) is 41.2 Å². The third kappa shape index (κ3) is 9.00. The fourth-order valence-electron chi connectivity index (χ4n) is 4.74. The molecule has 0 aliphatic carbocycles. The van der Waals surface area contributed by atoms with Crippen LogP contribution in [0.2, 0.25) is 5.02 Å². The van der Waals surface area contributed by atoms with Gasteiger partial charge in [-0.2, -0.15) is 0 Å². The Balaban J connectivity index is 1.30. The minimum atomic E-state index is -1.24. The molecule has 1 saturated heterocycles. The van der Waals surface area contributed by atoms with Gasteiger partial charge in [0.2, 0.25) is 5.91 Å². The lowest BCUT2D eigenvalue weighted by Crippen LogP contribution is -2.50. The van der Waals surface area contributed by atoms with Crippen molar-refractivity contribution in [3.05, 3.63) is 101 Å². The third-order valence-electron chi connectivity index (χ3n) is 6.59. The van der Waals surface area contributed by atoms with Crippen molar-refractivity contribution in [1.29, 1.82) is 0 Å². The predicted molar refractivity (Wildman–Crippen MR) is 156 cm³/mol. The first-order valence-electron chi connectivity index (χ1n) is 13.1. The molecule has 206 valence electrons. The molecular formula is C30H34ClN3O4S. The molecule has 2 amide bonds. The summed E-state index contributed by atoms with van der Waals surface area (Å²) in [6.45, 7) is 2.00. The highest BCUT2D eigenvalue weighted by Crippen LogP contribution is 2.28. The van der Waals surface area contributed by atoms with Crippen molar-refractivity contribution in [2.45, 2.75) is 41.9 Å².